The van der Waals surface area contributed by atoms with Crippen LogP contribution in [0.15, 0.2) is 66.1 Å². The van der Waals surface area contributed by atoms with Gasteiger partial charge < -0.3 is 19.4 Å². The third kappa shape index (κ3) is 5.04. The van der Waals surface area contributed by atoms with Crippen molar-refractivity contribution >= 4 is 23.4 Å². The summed E-state index contributed by atoms with van der Waals surface area (Å²) in [5.41, 5.74) is 1.76. The van der Waals surface area contributed by atoms with Gasteiger partial charge in [-0.3, -0.25) is 4.79 Å². The van der Waals surface area contributed by atoms with Crippen LogP contribution in [0, 0.1) is 0 Å². The van der Waals surface area contributed by atoms with Gasteiger partial charge in [0.1, 0.15) is 11.5 Å². The fourth-order valence-electron chi connectivity index (χ4n) is 2.56. The minimum absolute atomic E-state index is 0.138. The molecule has 3 rings (SSSR count). The molecule has 0 atom stereocenters. The number of thioether (sulfide) groups is 1. The average Bonchev–Trinajstić information content (AvgIpc) is 3.14. The van der Waals surface area contributed by atoms with E-state index in [1.165, 1.54) is 17.3 Å². The van der Waals surface area contributed by atoms with E-state index in [-0.39, 0.29) is 11.7 Å². The van der Waals surface area contributed by atoms with Crippen LogP contribution in [-0.4, -0.2) is 35.4 Å². The van der Waals surface area contributed by atoms with Crippen molar-refractivity contribution in [3.05, 3.63) is 66.5 Å². The molecule has 0 aliphatic carbocycles. The van der Waals surface area contributed by atoms with Gasteiger partial charge in [-0.1, -0.05) is 42.1 Å². The second-order valence-electron chi connectivity index (χ2n) is 5.73. The molecule has 7 heteroatoms. The molecule has 1 amide bonds. The van der Waals surface area contributed by atoms with Crippen molar-refractivity contribution in [2.45, 2.75) is 11.7 Å². The molecule has 0 fully saturated rings. The predicted molar refractivity (Wildman–Crippen MR) is 107 cm³/mol. The maximum atomic E-state index is 12.4. The number of hydrogen-bond acceptors (Lipinski definition) is 5. The molecule has 1 N–H and O–H groups in total. The minimum Gasteiger partial charge on any atom is -0.497 e. The van der Waals surface area contributed by atoms with Gasteiger partial charge in [0.05, 0.1) is 25.7 Å². The van der Waals surface area contributed by atoms with Crippen molar-refractivity contribution in [3.8, 4) is 11.5 Å². The van der Waals surface area contributed by atoms with Gasteiger partial charge in [-0.25, -0.2) is 4.98 Å². The molecule has 0 aliphatic heterocycles. The van der Waals surface area contributed by atoms with E-state index in [1.807, 2.05) is 29.0 Å². The Balaban J connectivity index is 1.61. The van der Waals surface area contributed by atoms with Crippen LogP contribution < -0.4 is 14.8 Å². The summed E-state index contributed by atoms with van der Waals surface area (Å²) in [5.74, 6) is 1.34. The Kier molecular flexibility index (Phi) is 6.38. The maximum absolute atomic E-state index is 12.4. The van der Waals surface area contributed by atoms with E-state index in [0.29, 0.717) is 23.7 Å². The van der Waals surface area contributed by atoms with Gasteiger partial charge >= 0.3 is 0 Å². The zero-order valence-corrected chi connectivity index (χ0v) is 16.0. The number of hydrogen-bond donors (Lipinski definition) is 1. The number of methoxy groups -OCH3 is 2. The van der Waals surface area contributed by atoms with E-state index < -0.39 is 0 Å². The van der Waals surface area contributed by atoms with E-state index in [0.717, 1.165) is 5.16 Å². The van der Waals surface area contributed by atoms with Crippen molar-refractivity contribution in [1.29, 1.82) is 0 Å². The Labute approximate surface area is 162 Å². The number of imidazole rings is 1. The number of anilines is 1. The Morgan fingerprint density at radius 1 is 1.15 bits per heavy atom. The first-order valence-electron chi connectivity index (χ1n) is 8.39. The summed E-state index contributed by atoms with van der Waals surface area (Å²) < 4.78 is 12.5. The Morgan fingerprint density at radius 2 is 1.96 bits per heavy atom. The smallest absolute Gasteiger partial charge is 0.234 e. The molecule has 0 radical (unpaired) electrons. The molecular formula is C20H21N3O3S. The highest BCUT2D eigenvalue weighted by atomic mass is 32.2. The molecule has 0 aliphatic rings. The molecule has 27 heavy (non-hydrogen) atoms. The lowest BCUT2D eigenvalue weighted by atomic mass is 10.2. The van der Waals surface area contributed by atoms with E-state index in [9.17, 15) is 4.79 Å². The van der Waals surface area contributed by atoms with Crippen molar-refractivity contribution in [2.24, 2.45) is 0 Å². The van der Waals surface area contributed by atoms with Crippen LogP contribution in [0.4, 0.5) is 5.69 Å². The van der Waals surface area contributed by atoms with Crippen molar-refractivity contribution in [3.63, 3.8) is 0 Å². The predicted octanol–water partition coefficient (Wildman–Crippen LogP) is 3.68. The van der Waals surface area contributed by atoms with Gasteiger partial charge in [0, 0.05) is 25.0 Å². The van der Waals surface area contributed by atoms with Gasteiger partial charge in [-0.05, 0) is 17.7 Å². The molecule has 1 aromatic heterocycles. The van der Waals surface area contributed by atoms with Crippen LogP contribution in [0.2, 0.25) is 0 Å². The molecule has 2 aromatic carbocycles. The van der Waals surface area contributed by atoms with Gasteiger partial charge in [-0.15, -0.1) is 0 Å². The second-order valence-corrected chi connectivity index (χ2v) is 6.67. The number of amides is 1. The molecule has 0 bridgehead atoms. The highest BCUT2D eigenvalue weighted by Gasteiger charge is 2.12. The summed E-state index contributed by atoms with van der Waals surface area (Å²) in [5, 5.41) is 3.66. The molecule has 6 nitrogen and oxygen atoms in total. The lowest BCUT2D eigenvalue weighted by molar-refractivity contribution is -0.113. The van der Waals surface area contributed by atoms with E-state index in [1.54, 1.807) is 38.6 Å². The van der Waals surface area contributed by atoms with Crippen molar-refractivity contribution in [1.82, 2.24) is 9.55 Å². The highest BCUT2D eigenvalue weighted by molar-refractivity contribution is 7.99. The van der Waals surface area contributed by atoms with Crippen LogP contribution in [0.3, 0.4) is 0 Å². The van der Waals surface area contributed by atoms with Crippen LogP contribution in [0.1, 0.15) is 5.56 Å². The minimum atomic E-state index is -0.138. The average molecular weight is 383 g/mol. The molecule has 140 valence electrons. The normalized spacial score (nSPS) is 10.4. The zero-order valence-electron chi connectivity index (χ0n) is 15.2. The number of ether oxygens (including phenoxy) is 2. The molecule has 0 saturated heterocycles. The van der Waals surface area contributed by atoms with Crippen LogP contribution in [0.25, 0.3) is 0 Å². The quantitative estimate of drug-likeness (QED) is 0.601. The first kappa shape index (κ1) is 18.8. The molecule has 3 aromatic rings. The topological polar surface area (TPSA) is 65.4 Å². The fraction of sp³-hybridized carbons (Fsp3) is 0.200. The molecule has 0 saturated carbocycles. The molecule has 0 spiro atoms. The monoisotopic (exact) mass is 383 g/mol. The maximum Gasteiger partial charge on any atom is 0.234 e. The van der Waals surface area contributed by atoms with E-state index in [2.05, 4.69) is 22.4 Å². The van der Waals surface area contributed by atoms with E-state index >= 15 is 0 Å². The standard InChI is InChI=1S/C20H21N3O3S/c1-25-16-8-9-18(26-2)17(12-16)22-19(24)14-27-20-21-10-11-23(20)13-15-6-4-3-5-7-15/h3-12H,13-14H2,1-2H3,(H,22,24). The van der Waals surface area contributed by atoms with Gasteiger partial charge in [-0.2, -0.15) is 0 Å². The zero-order chi connectivity index (χ0) is 19.1. The van der Waals surface area contributed by atoms with Gasteiger partial charge in [0.2, 0.25) is 5.91 Å². The highest BCUT2D eigenvalue weighted by Crippen LogP contribution is 2.29. The number of carbonyl (C=O) groups is 1. The Bertz CT molecular complexity index is 896. The van der Waals surface area contributed by atoms with Crippen LogP contribution >= 0.6 is 11.8 Å². The number of carbonyl (C=O) groups excluding carboxylic acids is 1. The van der Waals surface area contributed by atoms with Crippen LogP contribution in [-0.2, 0) is 11.3 Å². The third-order valence-corrected chi connectivity index (χ3v) is 4.89. The van der Waals surface area contributed by atoms with Crippen molar-refractivity contribution < 1.29 is 14.3 Å². The van der Waals surface area contributed by atoms with Gasteiger partial charge in [0.25, 0.3) is 0 Å². The summed E-state index contributed by atoms with van der Waals surface area (Å²) in [6.07, 6.45) is 3.66. The SMILES string of the molecule is COc1ccc(OC)c(NC(=O)CSc2nccn2Cc2ccccc2)c1. The van der Waals surface area contributed by atoms with Gasteiger partial charge in [0.15, 0.2) is 5.16 Å². The van der Waals surface area contributed by atoms with Crippen molar-refractivity contribution in [2.75, 3.05) is 25.3 Å². The number of rotatable bonds is 8. The molecule has 0 unspecified atom stereocenters. The second kappa shape index (κ2) is 9.14. The summed E-state index contributed by atoms with van der Waals surface area (Å²) in [6.45, 7) is 0.717. The first-order chi connectivity index (χ1) is 13.2. The Hall–Kier alpha value is -2.93. The summed E-state index contributed by atoms with van der Waals surface area (Å²) in [4.78, 5) is 16.7. The van der Waals surface area contributed by atoms with Crippen LogP contribution in [0.5, 0.6) is 11.5 Å². The number of nitrogens with zero attached hydrogens (tertiary/aromatic N) is 2. The first-order valence-corrected chi connectivity index (χ1v) is 9.38. The summed E-state index contributed by atoms with van der Waals surface area (Å²) >= 11 is 1.39. The summed E-state index contributed by atoms with van der Waals surface area (Å²) in [7, 11) is 3.14. The number of benzene rings is 2. The third-order valence-electron chi connectivity index (χ3n) is 3.89. The summed E-state index contributed by atoms with van der Waals surface area (Å²) in [6, 6.07) is 15.4. The molecular weight excluding hydrogens is 362 g/mol. The lowest BCUT2D eigenvalue weighted by Crippen LogP contribution is -2.15. The molecule has 1 heterocycles. The number of aromatic nitrogens is 2. The largest absolute Gasteiger partial charge is 0.497 e. The number of nitrogens with one attached hydrogen (secondary N) is 1. The lowest BCUT2D eigenvalue weighted by Gasteiger charge is -2.12. The fourth-order valence-corrected chi connectivity index (χ4v) is 3.32. The van der Waals surface area contributed by atoms with E-state index in [4.69, 9.17) is 9.47 Å². The Morgan fingerprint density at radius 3 is 2.70 bits per heavy atom.